The second-order valence-corrected chi connectivity index (χ2v) is 7.47. The van der Waals surface area contributed by atoms with Crippen LogP contribution in [0.2, 0.25) is 0 Å². The van der Waals surface area contributed by atoms with E-state index in [2.05, 4.69) is 27.7 Å². The first-order valence-electron chi connectivity index (χ1n) is 5.59. The molecular weight excluding hydrogens is 214 g/mol. The summed E-state index contributed by atoms with van der Waals surface area (Å²) in [7, 11) is -3.78. The van der Waals surface area contributed by atoms with E-state index >= 15 is 0 Å². The van der Waals surface area contributed by atoms with Crippen LogP contribution in [-0.2, 0) is 9.09 Å². The molecule has 2 nitrogen and oxygen atoms in total. The second-order valence-electron chi connectivity index (χ2n) is 5.40. The maximum Gasteiger partial charge on any atom is 0.367 e. The zero-order valence-electron chi connectivity index (χ0n) is 10.5. The van der Waals surface area contributed by atoms with E-state index in [9.17, 15) is 8.76 Å². The van der Waals surface area contributed by atoms with Crippen LogP contribution in [0.1, 0.15) is 47.5 Å². The van der Waals surface area contributed by atoms with Gasteiger partial charge in [-0.15, -0.1) is 0 Å². The van der Waals surface area contributed by atoms with Crippen molar-refractivity contribution in [3.8, 4) is 0 Å². The Morgan fingerprint density at radius 1 is 1.40 bits per heavy atom. The van der Waals surface area contributed by atoms with Gasteiger partial charge >= 0.3 is 7.68 Å². The molecular formula is C11H24FO2P. The van der Waals surface area contributed by atoms with Crippen molar-refractivity contribution in [3.05, 3.63) is 0 Å². The van der Waals surface area contributed by atoms with Crippen molar-refractivity contribution in [2.75, 3.05) is 12.8 Å². The maximum atomic E-state index is 12.9. The summed E-state index contributed by atoms with van der Waals surface area (Å²) in [6, 6.07) is 0. The molecule has 15 heavy (non-hydrogen) atoms. The number of halogens is 1. The summed E-state index contributed by atoms with van der Waals surface area (Å²) in [5.41, 5.74) is 0.281. The highest BCUT2D eigenvalue weighted by molar-refractivity contribution is 7.53. The molecule has 0 aromatic rings. The molecule has 2 atom stereocenters. The Labute approximate surface area is 93.2 Å². The first-order valence-corrected chi connectivity index (χ1v) is 7.29. The van der Waals surface area contributed by atoms with Gasteiger partial charge in [0.05, 0.1) is 12.8 Å². The molecule has 0 heterocycles. The Balaban J connectivity index is 3.74. The van der Waals surface area contributed by atoms with Crippen molar-refractivity contribution >= 4 is 7.68 Å². The Morgan fingerprint density at radius 2 is 1.93 bits per heavy atom. The fraction of sp³-hybridized carbons (Fsp3) is 1.00. The van der Waals surface area contributed by atoms with Gasteiger partial charge in [0.1, 0.15) is 0 Å². The molecule has 0 aliphatic heterocycles. The average molecular weight is 238 g/mol. The van der Waals surface area contributed by atoms with E-state index in [0.717, 1.165) is 12.8 Å². The first kappa shape index (κ1) is 15.1. The molecule has 0 aliphatic carbocycles. The van der Waals surface area contributed by atoms with Gasteiger partial charge in [0.15, 0.2) is 0 Å². The normalized spacial score (nSPS) is 18.5. The van der Waals surface area contributed by atoms with E-state index in [4.69, 9.17) is 4.52 Å². The highest BCUT2D eigenvalue weighted by Gasteiger charge is 2.20. The van der Waals surface area contributed by atoms with Crippen LogP contribution in [0, 0.1) is 11.3 Å². The van der Waals surface area contributed by atoms with E-state index in [-0.39, 0.29) is 18.2 Å². The molecule has 0 saturated carbocycles. The minimum atomic E-state index is -3.78. The molecule has 92 valence electrons. The van der Waals surface area contributed by atoms with Crippen molar-refractivity contribution in [2.45, 2.75) is 47.5 Å². The van der Waals surface area contributed by atoms with Crippen LogP contribution in [0.25, 0.3) is 0 Å². The molecule has 0 rings (SSSR count). The quantitative estimate of drug-likeness (QED) is 0.630. The van der Waals surface area contributed by atoms with Gasteiger partial charge in [-0.25, -0.2) is 0 Å². The van der Waals surface area contributed by atoms with E-state index in [1.165, 1.54) is 0 Å². The van der Waals surface area contributed by atoms with E-state index in [0.29, 0.717) is 5.92 Å². The van der Waals surface area contributed by atoms with Gasteiger partial charge in [-0.1, -0.05) is 34.6 Å². The summed E-state index contributed by atoms with van der Waals surface area (Å²) in [6.07, 6.45) is 1.81. The molecule has 0 fully saturated rings. The smallest absolute Gasteiger partial charge is 0.306 e. The Morgan fingerprint density at radius 3 is 2.33 bits per heavy atom. The van der Waals surface area contributed by atoms with Gasteiger partial charge in [-0.05, 0) is 24.2 Å². The molecule has 0 amide bonds. The molecule has 0 spiro atoms. The SMILES string of the molecule is CCP(=O)(F)OCCC(C)CC(C)(C)C. The van der Waals surface area contributed by atoms with E-state index in [1.54, 1.807) is 6.92 Å². The summed E-state index contributed by atoms with van der Waals surface area (Å²) < 4.78 is 28.7. The van der Waals surface area contributed by atoms with Gasteiger partial charge in [0.2, 0.25) is 0 Å². The predicted octanol–water partition coefficient (Wildman–Crippen LogP) is 4.65. The molecule has 4 heteroatoms. The Kier molecular flexibility index (Phi) is 6.05. The molecule has 2 unspecified atom stereocenters. The van der Waals surface area contributed by atoms with Gasteiger partial charge < -0.3 is 4.52 Å². The van der Waals surface area contributed by atoms with Crippen LogP contribution in [0.4, 0.5) is 4.20 Å². The lowest BCUT2D eigenvalue weighted by atomic mass is 9.84. The third-order valence-electron chi connectivity index (χ3n) is 2.23. The van der Waals surface area contributed by atoms with E-state index < -0.39 is 7.68 Å². The molecule has 0 aromatic carbocycles. The zero-order chi connectivity index (χ0) is 12.1. The third kappa shape index (κ3) is 9.07. The maximum absolute atomic E-state index is 12.9. The fourth-order valence-electron chi connectivity index (χ4n) is 1.63. The first-order chi connectivity index (χ1) is 6.66. The lowest BCUT2D eigenvalue weighted by Gasteiger charge is -2.23. The van der Waals surface area contributed by atoms with Crippen LogP contribution in [-0.4, -0.2) is 12.8 Å². The van der Waals surface area contributed by atoms with Crippen molar-refractivity contribution in [1.82, 2.24) is 0 Å². The van der Waals surface area contributed by atoms with Crippen molar-refractivity contribution in [2.24, 2.45) is 11.3 Å². The second kappa shape index (κ2) is 6.00. The summed E-state index contributed by atoms with van der Waals surface area (Å²) >= 11 is 0. The zero-order valence-corrected chi connectivity index (χ0v) is 11.4. The Hall–Kier alpha value is 0.120. The van der Waals surface area contributed by atoms with Crippen molar-refractivity contribution in [3.63, 3.8) is 0 Å². The molecule has 0 radical (unpaired) electrons. The molecule has 0 bridgehead atoms. The summed E-state index contributed by atoms with van der Waals surface area (Å²) in [6.45, 7) is 10.4. The fourth-order valence-corrected chi connectivity index (χ4v) is 2.19. The standard InChI is InChI=1S/C11H24FO2P/c1-6-15(12,13)14-8-7-10(2)9-11(3,4)5/h10H,6-9H2,1-5H3. The largest absolute Gasteiger partial charge is 0.367 e. The minimum absolute atomic E-state index is 0.0271. The van der Waals surface area contributed by atoms with Crippen LogP contribution < -0.4 is 0 Å². The highest BCUT2D eigenvalue weighted by atomic mass is 31.2. The monoisotopic (exact) mass is 238 g/mol. The lowest BCUT2D eigenvalue weighted by molar-refractivity contribution is 0.231. The summed E-state index contributed by atoms with van der Waals surface area (Å²) in [5.74, 6) is 0.474. The minimum Gasteiger partial charge on any atom is -0.306 e. The van der Waals surface area contributed by atoms with Gasteiger partial charge in [-0.2, -0.15) is 4.20 Å². The van der Waals surface area contributed by atoms with Crippen LogP contribution in [0.15, 0.2) is 0 Å². The number of hydrogen-bond donors (Lipinski definition) is 0. The van der Waals surface area contributed by atoms with Gasteiger partial charge in [0, 0.05) is 0 Å². The van der Waals surface area contributed by atoms with Crippen LogP contribution in [0.5, 0.6) is 0 Å². The predicted molar refractivity (Wildman–Crippen MR) is 63.1 cm³/mol. The highest BCUT2D eigenvalue weighted by Crippen LogP contribution is 2.48. The van der Waals surface area contributed by atoms with Crippen LogP contribution >= 0.6 is 7.68 Å². The van der Waals surface area contributed by atoms with E-state index in [1.807, 2.05) is 0 Å². The van der Waals surface area contributed by atoms with Crippen LogP contribution in [0.3, 0.4) is 0 Å². The average Bonchev–Trinajstić information content (AvgIpc) is 2.00. The molecule has 0 aromatic heterocycles. The molecule has 0 aliphatic rings. The van der Waals surface area contributed by atoms with Crippen molar-refractivity contribution in [1.29, 1.82) is 0 Å². The lowest BCUT2D eigenvalue weighted by Crippen LogP contribution is -2.12. The molecule has 0 saturated heterocycles. The van der Waals surface area contributed by atoms with Gasteiger partial charge in [-0.3, -0.25) is 4.57 Å². The third-order valence-corrected chi connectivity index (χ3v) is 3.56. The summed E-state index contributed by atoms with van der Waals surface area (Å²) in [5, 5.41) is 0. The Bertz CT molecular complexity index is 223. The van der Waals surface area contributed by atoms with Crippen molar-refractivity contribution < 1.29 is 13.3 Å². The molecule has 0 N–H and O–H groups in total. The topological polar surface area (TPSA) is 26.3 Å². The summed E-state index contributed by atoms with van der Waals surface area (Å²) in [4.78, 5) is 0. The number of hydrogen-bond acceptors (Lipinski definition) is 2. The van der Waals surface area contributed by atoms with Gasteiger partial charge in [0.25, 0.3) is 0 Å². The number of rotatable bonds is 6.